The molecular weight excluding hydrogens is 586 g/mol. The Morgan fingerprint density at radius 1 is 0.870 bits per heavy atom. The molecule has 3 N–H and O–H groups in total. The van der Waals surface area contributed by atoms with Crippen LogP contribution in [0.4, 0.5) is 0 Å². The maximum Gasteiger partial charge on any atom is 0.253 e. The zero-order valence-corrected chi connectivity index (χ0v) is 27.7. The molecule has 0 bridgehead atoms. The summed E-state index contributed by atoms with van der Waals surface area (Å²) in [6.45, 7) is 12.6. The molecule has 2 aromatic carbocycles. The fourth-order valence-electron chi connectivity index (χ4n) is 6.26. The van der Waals surface area contributed by atoms with Crippen molar-refractivity contribution in [3.8, 4) is 5.75 Å². The first-order chi connectivity index (χ1) is 21.6. The highest BCUT2D eigenvalue weighted by Gasteiger charge is 2.48. The normalized spacial score (nSPS) is 19.3. The van der Waals surface area contributed by atoms with Gasteiger partial charge >= 0.3 is 0 Å². The molecule has 2 fully saturated rings. The molecule has 0 aromatic heterocycles. The van der Waals surface area contributed by atoms with E-state index in [-0.39, 0.29) is 29.9 Å². The summed E-state index contributed by atoms with van der Waals surface area (Å²) in [6.07, 6.45) is 0.817. The lowest BCUT2D eigenvalue weighted by molar-refractivity contribution is -0.142. The van der Waals surface area contributed by atoms with E-state index in [1.165, 1.54) is 19.1 Å². The Labute approximate surface area is 271 Å². The van der Waals surface area contributed by atoms with Crippen LogP contribution < -0.4 is 10.6 Å². The Kier molecular flexibility index (Phi) is 10.4. The molecule has 0 spiro atoms. The van der Waals surface area contributed by atoms with E-state index >= 15 is 0 Å². The van der Waals surface area contributed by atoms with E-state index in [2.05, 4.69) is 10.6 Å². The van der Waals surface area contributed by atoms with Gasteiger partial charge in [-0.05, 0) is 47.1 Å². The smallest absolute Gasteiger partial charge is 0.253 e. The largest absolute Gasteiger partial charge is 0.508 e. The second-order valence-corrected chi connectivity index (χ2v) is 14.1. The minimum Gasteiger partial charge on any atom is -0.508 e. The molecule has 4 rings (SSSR count). The molecule has 11 nitrogen and oxygen atoms in total. The average molecular weight is 634 g/mol. The highest BCUT2D eigenvalue weighted by molar-refractivity contribution is 5.96. The number of aromatic hydroxyl groups is 1. The van der Waals surface area contributed by atoms with Gasteiger partial charge in [-0.2, -0.15) is 0 Å². The van der Waals surface area contributed by atoms with Crippen LogP contribution >= 0.6 is 0 Å². The highest BCUT2D eigenvalue weighted by atomic mass is 16.3. The van der Waals surface area contributed by atoms with Crippen LogP contribution in [0.1, 0.15) is 63.9 Å². The van der Waals surface area contributed by atoms with Gasteiger partial charge in [-0.1, -0.05) is 65.0 Å². The number of hydrogen-bond donors (Lipinski definition) is 3. The summed E-state index contributed by atoms with van der Waals surface area (Å²) < 4.78 is 0. The minimum atomic E-state index is -0.999. The molecule has 248 valence electrons. The van der Waals surface area contributed by atoms with E-state index in [1.807, 2.05) is 52.8 Å². The number of benzene rings is 2. The van der Waals surface area contributed by atoms with Gasteiger partial charge in [0.15, 0.2) is 0 Å². The van der Waals surface area contributed by atoms with Gasteiger partial charge < -0.3 is 30.4 Å². The summed E-state index contributed by atoms with van der Waals surface area (Å²) >= 11 is 0. The lowest BCUT2D eigenvalue weighted by Gasteiger charge is -2.38. The number of nitrogens with zero attached hydrogens (tertiary/aromatic N) is 3. The van der Waals surface area contributed by atoms with Crippen LogP contribution in [0, 0.1) is 10.8 Å². The number of carbonyl (C=O) groups is 5. The molecule has 0 saturated carbocycles. The molecular formula is C35H47N5O6. The molecule has 3 atom stereocenters. The second-order valence-electron chi connectivity index (χ2n) is 14.1. The molecule has 3 unspecified atom stereocenters. The number of rotatable bonds is 8. The Hall–Kier alpha value is -4.41. The van der Waals surface area contributed by atoms with Gasteiger partial charge in [0, 0.05) is 51.6 Å². The van der Waals surface area contributed by atoms with Gasteiger partial charge in [0.05, 0.1) is 0 Å². The topological polar surface area (TPSA) is 139 Å². The van der Waals surface area contributed by atoms with E-state index in [9.17, 15) is 29.1 Å². The second kappa shape index (κ2) is 13.9. The summed E-state index contributed by atoms with van der Waals surface area (Å²) in [7, 11) is 0. The van der Waals surface area contributed by atoms with Gasteiger partial charge in [-0.3, -0.25) is 24.0 Å². The van der Waals surface area contributed by atoms with Gasteiger partial charge in [0.2, 0.25) is 23.6 Å². The molecule has 2 aliphatic rings. The molecule has 2 heterocycles. The van der Waals surface area contributed by atoms with Gasteiger partial charge in [0.1, 0.15) is 23.9 Å². The Balaban J connectivity index is 1.52. The molecule has 2 aliphatic heterocycles. The van der Waals surface area contributed by atoms with E-state index in [1.54, 1.807) is 39.0 Å². The van der Waals surface area contributed by atoms with Crippen molar-refractivity contribution in [2.75, 3.05) is 32.7 Å². The zero-order valence-electron chi connectivity index (χ0n) is 27.7. The number of nitrogens with one attached hydrogen (secondary N) is 2. The number of piperazine rings is 1. The standard InChI is InChI=1S/C35H47N5O6/c1-23(41)40-17-16-35(5,6)29(40)31(44)37-28(34(2,3)4)30(43)36-27(22-24-12-14-26(42)15-13-24)33(46)39-20-18-38(19-21-39)32(45)25-10-8-7-9-11-25/h7-15,27-29,42H,16-22H2,1-6H3,(H,36,43)(H,37,44). The monoisotopic (exact) mass is 633 g/mol. The van der Waals surface area contributed by atoms with Crippen LogP contribution in [-0.2, 0) is 25.6 Å². The summed E-state index contributed by atoms with van der Waals surface area (Å²) in [5.41, 5.74) is 0.118. The predicted molar refractivity (Wildman–Crippen MR) is 174 cm³/mol. The fourth-order valence-corrected chi connectivity index (χ4v) is 6.26. The van der Waals surface area contributed by atoms with Crippen molar-refractivity contribution in [1.82, 2.24) is 25.3 Å². The van der Waals surface area contributed by atoms with Crippen LogP contribution in [-0.4, -0.2) is 100 Å². The lowest BCUT2D eigenvalue weighted by Crippen LogP contribution is -2.62. The van der Waals surface area contributed by atoms with Crippen molar-refractivity contribution in [2.45, 2.75) is 72.5 Å². The van der Waals surface area contributed by atoms with E-state index in [4.69, 9.17) is 0 Å². The summed E-state index contributed by atoms with van der Waals surface area (Å²) in [5, 5.41) is 15.6. The molecule has 11 heteroatoms. The van der Waals surface area contributed by atoms with Gasteiger partial charge in [-0.25, -0.2) is 0 Å². The minimum absolute atomic E-state index is 0.0832. The van der Waals surface area contributed by atoms with Crippen molar-refractivity contribution < 1.29 is 29.1 Å². The van der Waals surface area contributed by atoms with Crippen LogP contribution in [0.3, 0.4) is 0 Å². The Morgan fingerprint density at radius 3 is 2.02 bits per heavy atom. The van der Waals surface area contributed by atoms with Gasteiger partial charge in [-0.15, -0.1) is 0 Å². The third-order valence-electron chi connectivity index (χ3n) is 9.01. The molecule has 2 saturated heterocycles. The van der Waals surface area contributed by atoms with Crippen LogP contribution in [0.5, 0.6) is 5.75 Å². The van der Waals surface area contributed by atoms with Gasteiger partial charge in [0.25, 0.3) is 5.91 Å². The quantitative estimate of drug-likeness (QED) is 0.409. The van der Waals surface area contributed by atoms with E-state index in [0.29, 0.717) is 44.7 Å². The van der Waals surface area contributed by atoms with Crippen molar-refractivity contribution in [1.29, 1.82) is 0 Å². The average Bonchev–Trinajstić information content (AvgIpc) is 3.34. The van der Waals surface area contributed by atoms with E-state index in [0.717, 1.165) is 5.56 Å². The number of hydrogen-bond acceptors (Lipinski definition) is 6. The number of carbonyl (C=O) groups excluding carboxylic acids is 5. The Morgan fingerprint density at radius 2 is 1.46 bits per heavy atom. The maximum atomic E-state index is 14.0. The van der Waals surface area contributed by atoms with Crippen molar-refractivity contribution in [2.24, 2.45) is 10.8 Å². The summed E-state index contributed by atoms with van der Waals surface area (Å²) in [4.78, 5) is 71.9. The maximum absolute atomic E-state index is 14.0. The molecule has 46 heavy (non-hydrogen) atoms. The summed E-state index contributed by atoms with van der Waals surface area (Å²) in [6, 6.07) is 12.7. The highest BCUT2D eigenvalue weighted by Crippen LogP contribution is 2.36. The molecule has 0 radical (unpaired) electrons. The zero-order chi connectivity index (χ0) is 33.8. The van der Waals surface area contributed by atoms with Crippen molar-refractivity contribution >= 4 is 29.5 Å². The van der Waals surface area contributed by atoms with Crippen molar-refractivity contribution in [3.05, 3.63) is 65.7 Å². The Bertz CT molecular complexity index is 1430. The SMILES string of the molecule is CC(=O)N1CCC(C)(C)C1C(=O)NC(C(=O)NC(Cc1ccc(O)cc1)C(=O)N1CCN(C(=O)c2ccccc2)CC1)C(C)(C)C. The van der Waals surface area contributed by atoms with Crippen LogP contribution in [0.25, 0.3) is 0 Å². The predicted octanol–water partition coefficient (Wildman–Crippen LogP) is 2.58. The summed E-state index contributed by atoms with van der Waals surface area (Å²) in [5.74, 6) is -1.44. The third-order valence-corrected chi connectivity index (χ3v) is 9.01. The van der Waals surface area contributed by atoms with Crippen molar-refractivity contribution in [3.63, 3.8) is 0 Å². The fraction of sp³-hybridized carbons (Fsp3) is 0.514. The number of phenolic OH excluding ortho intramolecular Hbond substituents is 1. The van der Waals surface area contributed by atoms with E-state index < -0.39 is 40.8 Å². The number of phenols is 1. The first-order valence-electron chi connectivity index (χ1n) is 15.9. The first kappa shape index (κ1) is 34.5. The lowest BCUT2D eigenvalue weighted by atomic mass is 9.82. The molecule has 5 amide bonds. The van der Waals surface area contributed by atoms with Crippen LogP contribution in [0.15, 0.2) is 54.6 Å². The molecule has 2 aromatic rings. The number of likely N-dealkylation sites (tertiary alicyclic amines) is 1. The third kappa shape index (κ3) is 8.05. The number of amides is 5. The first-order valence-corrected chi connectivity index (χ1v) is 15.9. The molecule has 0 aliphatic carbocycles. The van der Waals surface area contributed by atoms with Crippen LogP contribution in [0.2, 0.25) is 0 Å².